The summed E-state index contributed by atoms with van der Waals surface area (Å²) in [5, 5.41) is 38.7. The lowest BCUT2D eigenvalue weighted by molar-refractivity contribution is -0.207. The number of amides is 1. The van der Waals surface area contributed by atoms with Crippen LogP contribution in [0.3, 0.4) is 0 Å². The molecular formula is C27H42N2O4S. The molecule has 0 aliphatic heterocycles. The van der Waals surface area contributed by atoms with Crippen molar-refractivity contribution in [3.8, 4) is 0 Å². The van der Waals surface area contributed by atoms with Crippen LogP contribution in [-0.2, 0) is 4.79 Å². The molecule has 4 fully saturated rings. The monoisotopic (exact) mass is 490 g/mol. The van der Waals surface area contributed by atoms with Crippen molar-refractivity contribution in [1.29, 1.82) is 0 Å². The zero-order chi connectivity index (χ0) is 24.3. The molecule has 1 amide bonds. The largest absolute Gasteiger partial charge is 0.393 e. The Bertz CT molecular complexity index is 880. The molecule has 0 radical (unpaired) electrons. The van der Waals surface area contributed by atoms with Gasteiger partial charge < -0.3 is 20.6 Å². The minimum Gasteiger partial charge on any atom is -0.393 e. The second-order valence-corrected chi connectivity index (χ2v) is 13.3. The van der Waals surface area contributed by atoms with Crippen molar-refractivity contribution < 1.29 is 20.1 Å². The molecule has 11 atom stereocenters. The van der Waals surface area contributed by atoms with E-state index in [9.17, 15) is 20.1 Å². The fraction of sp³-hybridized carbons (Fsp3) is 0.852. The molecule has 6 nitrogen and oxygen atoms in total. The van der Waals surface area contributed by atoms with Gasteiger partial charge in [-0.1, -0.05) is 20.8 Å². The fourth-order valence-electron chi connectivity index (χ4n) is 9.16. The van der Waals surface area contributed by atoms with Gasteiger partial charge in [0.25, 0.3) is 0 Å². The molecule has 0 bridgehead atoms. The number of aliphatic hydroxyl groups is 3. The highest BCUT2D eigenvalue weighted by Crippen LogP contribution is 2.68. The molecule has 0 spiro atoms. The lowest BCUT2D eigenvalue weighted by Crippen LogP contribution is -2.62. The van der Waals surface area contributed by atoms with Gasteiger partial charge in [0.15, 0.2) is 5.13 Å². The Morgan fingerprint density at radius 2 is 1.97 bits per heavy atom. The first-order valence-electron chi connectivity index (χ1n) is 13.4. The summed E-state index contributed by atoms with van der Waals surface area (Å²) >= 11 is 1.43. The van der Waals surface area contributed by atoms with E-state index in [1.54, 1.807) is 6.20 Å². The average Bonchev–Trinajstić information content (AvgIpc) is 3.42. The van der Waals surface area contributed by atoms with Crippen LogP contribution in [0, 0.1) is 46.3 Å². The van der Waals surface area contributed by atoms with Gasteiger partial charge >= 0.3 is 0 Å². The van der Waals surface area contributed by atoms with Gasteiger partial charge in [-0.05, 0) is 97.7 Å². The van der Waals surface area contributed by atoms with Crippen LogP contribution in [0.5, 0.6) is 0 Å². The van der Waals surface area contributed by atoms with Crippen LogP contribution in [0.4, 0.5) is 5.13 Å². The van der Waals surface area contributed by atoms with E-state index in [0.717, 1.165) is 51.4 Å². The second kappa shape index (κ2) is 9.13. The van der Waals surface area contributed by atoms with Gasteiger partial charge in [0.05, 0.1) is 18.3 Å². The van der Waals surface area contributed by atoms with E-state index < -0.39 is 0 Å². The van der Waals surface area contributed by atoms with Gasteiger partial charge in [0.1, 0.15) is 0 Å². The smallest absolute Gasteiger partial charge is 0.226 e. The molecule has 34 heavy (non-hydrogen) atoms. The maximum Gasteiger partial charge on any atom is 0.226 e. The number of carbonyl (C=O) groups is 1. The van der Waals surface area contributed by atoms with E-state index in [2.05, 4.69) is 31.1 Å². The number of aliphatic hydroxyl groups excluding tert-OH is 3. The van der Waals surface area contributed by atoms with Crippen LogP contribution >= 0.6 is 11.3 Å². The maximum atomic E-state index is 12.4. The molecular weight excluding hydrogens is 448 g/mol. The van der Waals surface area contributed by atoms with E-state index >= 15 is 0 Å². The molecule has 0 saturated heterocycles. The SMILES string of the molecule is CC(CCC(=O)Nc1nccs1)C1CCC2C3C(O)CC4CC(O)CCC4(C)C3CC(O)C12C. The van der Waals surface area contributed by atoms with E-state index in [0.29, 0.717) is 41.1 Å². The lowest BCUT2D eigenvalue weighted by Gasteiger charge is -2.63. The van der Waals surface area contributed by atoms with E-state index in [-0.39, 0.29) is 41.0 Å². The molecule has 1 aromatic heterocycles. The zero-order valence-corrected chi connectivity index (χ0v) is 21.6. The number of carbonyl (C=O) groups excluding carboxylic acids is 1. The van der Waals surface area contributed by atoms with Crippen molar-refractivity contribution >= 4 is 22.4 Å². The first-order valence-corrected chi connectivity index (χ1v) is 14.3. The van der Waals surface area contributed by atoms with Crippen molar-refractivity contribution in [2.75, 3.05) is 5.32 Å². The van der Waals surface area contributed by atoms with Gasteiger partial charge in [0.2, 0.25) is 5.91 Å². The Balaban J connectivity index is 1.30. The second-order valence-electron chi connectivity index (χ2n) is 12.4. The maximum absolute atomic E-state index is 12.4. The van der Waals surface area contributed by atoms with Crippen LogP contribution in [0.2, 0.25) is 0 Å². The van der Waals surface area contributed by atoms with Gasteiger partial charge in [-0.25, -0.2) is 4.98 Å². The molecule has 7 heteroatoms. The number of hydrogen-bond donors (Lipinski definition) is 4. The molecule has 190 valence electrons. The highest BCUT2D eigenvalue weighted by Gasteiger charge is 2.65. The zero-order valence-electron chi connectivity index (χ0n) is 20.8. The van der Waals surface area contributed by atoms with Crippen LogP contribution in [0.1, 0.15) is 78.6 Å². The summed E-state index contributed by atoms with van der Waals surface area (Å²) in [7, 11) is 0. The third kappa shape index (κ3) is 3.95. The fourth-order valence-corrected chi connectivity index (χ4v) is 9.70. The summed E-state index contributed by atoms with van der Waals surface area (Å²) in [4.78, 5) is 16.6. The molecule has 4 aliphatic carbocycles. The van der Waals surface area contributed by atoms with Crippen LogP contribution in [0.25, 0.3) is 0 Å². The molecule has 1 aromatic rings. The highest BCUT2D eigenvalue weighted by atomic mass is 32.1. The summed E-state index contributed by atoms with van der Waals surface area (Å²) in [6, 6.07) is 0. The number of nitrogens with zero attached hydrogens (tertiary/aromatic N) is 1. The third-order valence-corrected chi connectivity index (χ3v) is 11.7. The van der Waals surface area contributed by atoms with Crippen molar-refractivity contribution in [1.82, 2.24) is 4.98 Å². The normalized spacial score (nSPS) is 46.8. The first kappa shape index (κ1) is 24.7. The molecule has 4 N–H and O–H groups in total. The summed E-state index contributed by atoms with van der Waals surface area (Å²) < 4.78 is 0. The average molecular weight is 491 g/mol. The van der Waals surface area contributed by atoms with Crippen molar-refractivity contribution in [3.63, 3.8) is 0 Å². The van der Waals surface area contributed by atoms with E-state index in [1.807, 2.05) is 5.38 Å². The quantitative estimate of drug-likeness (QED) is 0.488. The lowest BCUT2D eigenvalue weighted by atomic mass is 9.43. The summed E-state index contributed by atoms with van der Waals surface area (Å²) in [6.45, 7) is 6.89. The summed E-state index contributed by atoms with van der Waals surface area (Å²) in [5.41, 5.74) is -0.117. The molecule has 5 rings (SSSR count). The Morgan fingerprint density at radius 3 is 2.71 bits per heavy atom. The van der Waals surface area contributed by atoms with Crippen molar-refractivity contribution in [2.45, 2.75) is 96.9 Å². The number of aromatic nitrogens is 1. The molecule has 4 saturated carbocycles. The number of fused-ring (bicyclic) bond motifs is 5. The minimum atomic E-state index is -0.382. The van der Waals surface area contributed by atoms with Crippen LogP contribution in [-0.4, -0.2) is 44.5 Å². The van der Waals surface area contributed by atoms with Crippen LogP contribution < -0.4 is 5.32 Å². The number of hydrogen-bond acceptors (Lipinski definition) is 6. The van der Waals surface area contributed by atoms with Gasteiger partial charge in [0, 0.05) is 18.0 Å². The van der Waals surface area contributed by atoms with Crippen LogP contribution in [0.15, 0.2) is 11.6 Å². The predicted molar refractivity (Wildman–Crippen MR) is 133 cm³/mol. The van der Waals surface area contributed by atoms with E-state index in [4.69, 9.17) is 0 Å². The van der Waals surface area contributed by atoms with Gasteiger partial charge in [-0.15, -0.1) is 11.3 Å². The summed E-state index contributed by atoms with van der Waals surface area (Å²) in [6.07, 6.45) is 8.26. The Morgan fingerprint density at radius 1 is 1.18 bits per heavy atom. The van der Waals surface area contributed by atoms with Gasteiger partial charge in [-0.3, -0.25) is 4.79 Å². The number of rotatable bonds is 5. The van der Waals surface area contributed by atoms with Crippen molar-refractivity contribution in [3.05, 3.63) is 11.6 Å². The minimum absolute atomic E-state index is 0.00640. The first-order chi connectivity index (χ1) is 16.1. The van der Waals surface area contributed by atoms with E-state index in [1.165, 1.54) is 11.3 Å². The highest BCUT2D eigenvalue weighted by molar-refractivity contribution is 7.13. The van der Waals surface area contributed by atoms with Crippen molar-refractivity contribution in [2.24, 2.45) is 46.3 Å². The number of anilines is 1. The molecule has 1 heterocycles. The number of nitrogens with one attached hydrogen (secondary N) is 1. The standard InChI is InChI=1S/C27H42N2O4S/c1-15(4-7-23(33)29-25-28-10-11-34-25)18-5-6-19-24-20(14-22(32)27(18,19)3)26(2)9-8-17(30)12-16(26)13-21(24)31/h10-11,15-22,24,30-32H,4-9,12-14H2,1-3H3,(H,28,29,33). The molecule has 0 aromatic carbocycles. The van der Waals surface area contributed by atoms with Gasteiger partial charge in [-0.2, -0.15) is 0 Å². The molecule has 11 unspecified atom stereocenters. The predicted octanol–water partition coefficient (Wildman–Crippen LogP) is 4.46. The topological polar surface area (TPSA) is 103 Å². The Labute approximate surface area is 207 Å². The number of thiazole rings is 1. The molecule has 4 aliphatic rings. The Kier molecular flexibility index (Phi) is 6.62. The Hall–Kier alpha value is -1.02. The third-order valence-electron chi connectivity index (χ3n) is 11.0. The summed E-state index contributed by atoms with van der Waals surface area (Å²) in [5.74, 6) is 1.90.